The van der Waals surface area contributed by atoms with E-state index in [1.165, 1.54) is 5.56 Å². The van der Waals surface area contributed by atoms with Gasteiger partial charge in [0.15, 0.2) is 6.10 Å². The zero-order valence-electron chi connectivity index (χ0n) is 24.0. The van der Waals surface area contributed by atoms with Gasteiger partial charge in [0.2, 0.25) is 5.88 Å². The summed E-state index contributed by atoms with van der Waals surface area (Å²) >= 11 is 6.28. The van der Waals surface area contributed by atoms with E-state index < -0.39 is 18.0 Å². The van der Waals surface area contributed by atoms with E-state index in [2.05, 4.69) is 19.9 Å². The predicted molar refractivity (Wildman–Crippen MR) is 164 cm³/mol. The molecule has 0 bridgehead atoms. The van der Waals surface area contributed by atoms with Gasteiger partial charge in [-0.2, -0.15) is 5.26 Å². The molecule has 4 aromatic rings. The van der Waals surface area contributed by atoms with Gasteiger partial charge in [0, 0.05) is 22.2 Å². The van der Waals surface area contributed by atoms with Crippen LogP contribution >= 0.6 is 11.6 Å². The quantitative estimate of drug-likeness (QED) is 0.157. The lowest BCUT2D eigenvalue weighted by Gasteiger charge is -2.27. The lowest BCUT2D eigenvalue weighted by molar-refractivity contribution is -0.141. The van der Waals surface area contributed by atoms with Crippen molar-refractivity contribution in [1.82, 2.24) is 0 Å². The molecule has 7 nitrogen and oxygen atoms in total. The van der Waals surface area contributed by atoms with Crippen LogP contribution in [0.25, 0.3) is 0 Å². The third-order valence-corrected chi connectivity index (χ3v) is 7.51. The second-order valence-electron chi connectivity index (χ2n) is 10.5. The summed E-state index contributed by atoms with van der Waals surface area (Å²) in [6, 6.07) is 29.8. The number of benzene rings is 4. The number of nitrogens with two attached hydrogens (primary N) is 1. The van der Waals surface area contributed by atoms with Gasteiger partial charge in [0.05, 0.1) is 5.92 Å². The maximum atomic E-state index is 12.8. The number of nitriles is 1. The van der Waals surface area contributed by atoms with E-state index in [1.807, 2.05) is 72.8 Å². The van der Waals surface area contributed by atoms with E-state index in [4.69, 9.17) is 36.3 Å². The molecule has 8 heteroatoms. The minimum atomic E-state index is -0.849. The van der Waals surface area contributed by atoms with Gasteiger partial charge in [0.1, 0.15) is 41.2 Å². The molecule has 0 fully saturated rings. The van der Waals surface area contributed by atoms with Crippen molar-refractivity contribution >= 4 is 17.6 Å². The number of hydrogen-bond donors (Lipinski definition) is 1. The first-order valence-corrected chi connectivity index (χ1v) is 14.3. The lowest BCUT2D eigenvalue weighted by Crippen LogP contribution is -2.28. The maximum absolute atomic E-state index is 12.8. The number of halogens is 1. The molecule has 218 valence electrons. The SMILES string of the molecule is CC(Oc1ccc(C(C)C)cc1)C(=O)Oc1ccc2c(c1)OC(N)=C(C#N)C2c1cccc(OCc2ccccc2Cl)c1. The Morgan fingerprint density at radius 1 is 0.953 bits per heavy atom. The molecule has 0 aromatic heterocycles. The predicted octanol–water partition coefficient (Wildman–Crippen LogP) is 7.63. The van der Waals surface area contributed by atoms with Gasteiger partial charge in [-0.25, -0.2) is 4.79 Å². The fraction of sp³-hybridized carbons (Fsp3) is 0.200. The molecular weight excluding hydrogens is 564 g/mol. The van der Waals surface area contributed by atoms with Crippen LogP contribution in [0.15, 0.2) is 102 Å². The molecule has 0 spiro atoms. The zero-order valence-corrected chi connectivity index (χ0v) is 24.8. The lowest BCUT2D eigenvalue weighted by atomic mass is 9.83. The Kier molecular flexibility index (Phi) is 8.89. The maximum Gasteiger partial charge on any atom is 0.352 e. The molecule has 1 aliphatic heterocycles. The Hall–Kier alpha value is -4.93. The molecule has 1 aliphatic rings. The number of esters is 1. The summed E-state index contributed by atoms with van der Waals surface area (Å²) in [5, 5.41) is 10.6. The second-order valence-corrected chi connectivity index (χ2v) is 10.9. The van der Waals surface area contributed by atoms with Crippen molar-refractivity contribution in [3.8, 4) is 29.1 Å². The molecule has 2 unspecified atom stereocenters. The van der Waals surface area contributed by atoms with E-state index in [0.717, 1.165) is 11.1 Å². The number of allylic oxidation sites excluding steroid dienone is 1. The first-order valence-electron chi connectivity index (χ1n) is 13.9. The Bertz CT molecular complexity index is 1710. The molecule has 4 aromatic carbocycles. The molecule has 0 aliphatic carbocycles. The topological polar surface area (TPSA) is 104 Å². The highest BCUT2D eigenvalue weighted by Crippen LogP contribution is 2.44. The Morgan fingerprint density at radius 3 is 2.42 bits per heavy atom. The minimum Gasteiger partial charge on any atom is -0.489 e. The highest BCUT2D eigenvalue weighted by molar-refractivity contribution is 6.31. The van der Waals surface area contributed by atoms with Crippen LogP contribution in [0.1, 0.15) is 54.9 Å². The van der Waals surface area contributed by atoms with Gasteiger partial charge >= 0.3 is 5.97 Å². The monoisotopic (exact) mass is 594 g/mol. The molecule has 0 amide bonds. The van der Waals surface area contributed by atoms with E-state index >= 15 is 0 Å². The Morgan fingerprint density at radius 2 is 1.70 bits per heavy atom. The zero-order chi connectivity index (χ0) is 30.5. The average molecular weight is 595 g/mol. The Balaban J connectivity index is 1.33. The van der Waals surface area contributed by atoms with Crippen molar-refractivity contribution in [2.75, 3.05) is 0 Å². The molecule has 2 N–H and O–H groups in total. The van der Waals surface area contributed by atoms with Crippen molar-refractivity contribution in [2.24, 2.45) is 5.73 Å². The van der Waals surface area contributed by atoms with E-state index in [0.29, 0.717) is 33.8 Å². The normalized spacial score (nSPS) is 14.7. The molecule has 2 atom stereocenters. The van der Waals surface area contributed by atoms with Crippen LogP contribution in [-0.4, -0.2) is 12.1 Å². The summed E-state index contributed by atoms with van der Waals surface area (Å²) in [5.41, 5.74) is 9.99. The number of ether oxygens (including phenoxy) is 4. The average Bonchev–Trinajstić information content (AvgIpc) is 3.00. The molecule has 0 saturated carbocycles. The highest BCUT2D eigenvalue weighted by Gasteiger charge is 2.31. The fourth-order valence-corrected chi connectivity index (χ4v) is 4.98. The van der Waals surface area contributed by atoms with Crippen LogP contribution in [-0.2, 0) is 11.4 Å². The first kappa shape index (κ1) is 29.6. The van der Waals surface area contributed by atoms with Gasteiger partial charge in [-0.05, 0) is 60.4 Å². The van der Waals surface area contributed by atoms with Crippen molar-refractivity contribution in [1.29, 1.82) is 5.26 Å². The van der Waals surface area contributed by atoms with Crippen molar-refractivity contribution in [3.63, 3.8) is 0 Å². The van der Waals surface area contributed by atoms with Gasteiger partial charge in [0.25, 0.3) is 0 Å². The summed E-state index contributed by atoms with van der Waals surface area (Å²) < 4.78 is 23.2. The molecule has 0 radical (unpaired) electrons. The summed E-state index contributed by atoms with van der Waals surface area (Å²) in [6.45, 7) is 6.14. The number of carbonyl (C=O) groups is 1. The van der Waals surface area contributed by atoms with Crippen LogP contribution in [0.4, 0.5) is 0 Å². The van der Waals surface area contributed by atoms with Gasteiger partial charge < -0.3 is 24.7 Å². The summed E-state index contributed by atoms with van der Waals surface area (Å²) in [6.07, 6.45) is -0.849. The first-order chi connectivity index (χ1) is 20.7. The van der Waals surface area contributed by atoms with Gasteiger partial charge in [-0.3, -0.25) is 0 Å². The number of carbonyl (C=O) groups excluding carboxylic acids is 1. The highest BCUT2D eigenvalue weighted by atomic mass is 35.5. The molecular formula is C35H31ClN2O5. The summed E-state index contributed by atoms with van der Waals surface area (Å²) in [4.78, 5) is 12.8. The third kappa shape index (κ3) is 6.77. The number of rotatable bonds is 9. The van der Waals surface area contributed by atoms with Crippen molar-refractivity contribution in [3.05, 3.63) is 130 Å². The van der Waals surface area contributed by atoms with Crippen molar-refractivity contribution < 1.29 is 23.7 Å². The van der Waals surface area contributed by atoms with Crippen LogP contribution < -0.4 is 24.7 Å². The fourth-order valence-electron chi connectivity index (χ4n) is 4.79. The van der Waals surface area contributed by atoms with Crippen LogP contribution in [0.5, 0.6) is 23.0 Å². The minimum absolute atomic E-state index is 0.0209. The molecule has 5 rings (SSSR count). The van der Waals surface area contributed by atoms with E-state index in [-0.39, 0.29) is 23.8 Å². The number of nitrogens with zero attached hydrogens (tertiary/aromatic N) is 1. The van der Waals surface area contributed by atoms with Crippen LogP contribution in [0.2, 0.25) is 5.02 Å². The standard InChI is InChI=1S/C35H31ClN2O5/c1-21(2)23-11-13-26(14-12-23)41-22(3)35(39)42-28-15-16-29-32(18-28)43-34(38)30(19-37)33(29)24-8-6-9-27(17-24)40-20-25-7-4-5-10-31(25)36/h4-18,21-22,33H,20,38H2,1-3H3. The largest absolute Gasteiger partial charge is 0.489 e. The summed E-state index contributed by atoms with van der Waals surface area (Å²) in [5.74, 6) is 1.12. The second kappa shape index (κ2) is 12.9. The summed E-state index contributed by atoms with van der Waals surface area (Å²) in [7, 11) is 0. The number of hydrogen-bond acceptors (Lipinski definition) is 7. The van der Waals surface area contributed by atoms with Gasteiger partial charge in [-0.15, -0.1) is 0 Å². The van der Waals surface area contributed by atoms with E-state index in [9.17, 15) is 10.1 Å². The van der Waals surface area contributed by atoms with Crippen molar-refractivity contribution in [2.45, 2.75) is 45.3 Å². The van der Waals surface area contributed by atoms with Crippen LogP contribution in [0.3, 0.4) is 0 Å². The number of fused-ring (bicyclic) bond motifs is 1. The smallest absolute Gasteiger partial charge is 0.352 e. The molecule has 1 heterocycles. The Labute approximate surface area is 256 Å². The third-order valence-electron chi connectivity index (χ3n) is 7.14. The van der Waals surface area contributed by atoms with Crippen LogP contribution in [0, 0.1) is 11.3 Å². The molecule has 0 saturated heterocycles. The molecule has 43 heavy (non-hydrogen) atoms. The van der Waals surface area contributed by atoms with Gasteiger partial charge in [-0.1, -0.05) is 74.0 Å². The van der Waals surface area contributed by atoms with E-state index in [1.54, 1.807) is 25.1 Å².